The number of carboxylic acids is 1. The normalized spacial score (nSPS) is 24.0. The molecule has 7 nitrogen and oxygen atoms in total. The van der Waals surface area contributed by atoms with Gasteiger partial charge in [0.1, 0.15) is 12.1 Å². The van der Waals surface area contributed by atoms with Gasteiger partial charge in [0.05, 0.1) is 5.92 Å². The Kier molecular flexibility index (Phi) is 5.80. The van der Waals surface area contributed by atoms with Gasteiger partial charge >= 0.3 is 12.1 Å². The first-order chi connectivity index (χ1) is 16.4. The third-order valence-corrected chi connectivity index (χ3v) is 7.61. The number of nitrogens with one attached hydrogen (secondary N) is 1. The predicted octanol–water partition coefficient (Wildman–Crippen LogP) is 4.02. The van der Waals surface area contributed by atoms with E-state index in [1.54, 1.807) is 4.90 Å². The maximum atomic E-state index is 13.4. The Bertz CT molecular complexity index is 1080. The highest BCUT2D eigenvalue weighted by atomic mass is 16.5. The lowest BCUT2D eigenvalue weighted by molar-refractivity contribution is -0.157. The molecule has 3 aliphatic rings. The molecule has 2 unspecified atom stereocenters. The Hall–Kier alpha value is -3.35. The molecule has 2 aliphatic carbocycles. The van der Waals surface area contributed by atoms with E-state index in [1.165, 1.54) is 0 Å². The van der Waals surface area contributed by atoms with Crippen molar-refractivity contribution in [2.45, 2.75) is 44.1 Å². The Morgan fingerprint density at radius 2 is 1.68 bits per heavy atom. The molecular formula is C27H30N2O5. The van der Waals surface area contributed by atoms with Crippen LogP contribution in [0.4, 0.5) is 4.79 Å². The third-order valence-electron chi connectivity index (χ3n) is 7.61. The number of carboxylic acid groups (broad SMARTS) is 1. The Labute approximate surface area is 199 Å². The topological polar surface area (TPSA) is 95.9 Å². The minimum absolute atomic E-state index is 0.0539. The van der Waals surface area contributed by atoms with E-state index >= 15 is 0 Å². The Morgan fingerprint density at radius 3 is 2.26 bits per heavy atom. The summed E-state index contributed by atoms with van der Waals surface area (Å²) in [6, 6.07) is 16.3. The number of rotatable bonds is 5. The van der Waals surface area contributed by atoms with Gasteiger partial charge in [-0.2, -0.15) is 0 Å². The van der Waals surface area contributed by atoms with Crippen LogP contribution in [0.25, 0.3) is 11.1 Å². The molecule has 5 rings (SSSR count). The summed E-state index contributed by atoms with van der Waals surface area (Å²) >= 11 is 0. The average molecular weight is 463 g/mol. The molecule has 2 aromatic rings. The van der Waals surface area contributed by atoms with Gasteiger partial charge in [-0.05, 0) is 41.0 Å². The van der Waals surface area contributed by atoms with Crippen LogP contribution in [0.5, 0.6) is 0 Å². The number of likely N-dealkylation sites (tertiary alicyclic amines) is 1. The molecule has 2 N–H and O–H groups in total. The highest BCUT2D eigenvalue weighted by molar-refractivity contribution is 5.92. The Morgan fingerprint density at radius 1 is 1.06 bits per heavy atom. The number of hydrogen-bond acceptors (Lipinski definition) is 4. The van der Waals surface area contributed by atoms with Gasteiger partial charge in [0.15, 0.2) is 0 Å². The molecule has 2 atom stereocenters. The summed E-state index contributed by atoms with van der Waals surface area (Å²) in [5, 5.41) is 12.1. The number of alkyl carbamates (subject to hydrolysis) is 1. The van der Waals surface area contributed by atoms with Gasteiger partial charge < -0.3 is 20.1 Å². The van der Waals surface area contributed by atoms with E-state index in [0.29, 0.717) is 12.8 Å². The molecule has 0 spiro atoms. The molecule has 7 heteroatoms. The van der Waals surface area contributed by atoms with Crippen molar-refractivity contribution < 1.29 is 24.2 Å². The second-order valence-electron chi connectivity index (χ2n) is 9.98. The number of fused-ring (bicyclic) bond motifs is 3. The number of aliphatic carboxylic acids is 1. The van der Waals surface area contributed by atoms with Crippen molar-refractivity contribution in [2.24, 2.45) is 11.8 Å². The number of ether oxygens (including phenoxy) is 1. The Balaban J connectivity index is 1.29. The van der Waals surface area contributed by atoms with E-state index in [2.05, 4.69) is 36.5 Å². The SMILES string of the molecule is CC1CCCC(NC(=O)OCC2c3ccccc3-c3ccccc32)(C(=O)N2CC(C(=O)O)C2)C1. The predicted molar refractivity (Wildman–Crippen MR) is 126 cm³/mol. The van der Waals surface area contributed by atoms with Crippen molar-refractivity contribution in [1.82, 2.24) is 10.2 Å². The van der Waals surface area contributed by atoms with Crippen molar-refractivity contribution in [3.8, 4) is 11.1 Å². The van der Waals surface area contributed by atoms with Crippen LogP contribution in [-0.2, 0) is 14.3 Å². The van der Waals surface area contributed by atoms with E-state index in [9.17, 15) is 19.5 Å². The lowest BCUT2D eigenvalue weighted by atomic mass is 9.75. The fraction of sp³-hybridized carbons (Fsp3) is 0.444. The average Bonchev–Trinajstić information content (AvgIpc) is 3.10. The van der Waals surface area contributed by atoms with Crippen LogP contribution in [0.15, 0.2) is 48.5 Å². The molecule has 178 valence electrons. The largest absolute Gasteiger partial charge is 0.481 e. The van der Waals surface area contributed by atoms with Crippen LogP contribution in [0.2, 0.25) is 0 Å². The van der Waals surface area contributed by atoms with E-state index < -0.39 is 23.5 Å². The highest BCUT2D eigenvalue weighted by Gasteiger charge is 2.49. The second-order valence-corrected chi connectivity index (χ2v) is 9.98. The molecule has 34 heavy (non-hydrogen) atoms. The number of hydrogen-bond donors (Lipinski definition) is 2. The summed E-state index contributed by atoms with van der Waals surface area (Å²) in [6.45, 7) is 2.65. The zero-order valence-electron chi connectivity index (χ0n) is 19.3. The van der Waals surface area contributed by atoms with E-state index in [-0.39, 0.29) is 37.4 Å². The molecule has 1 saturated carbocycles. The van der Waals surface area contributed by atoms with Gasteiger partial charge in [-0.25, -0.2) is 4.79 Å². The molecule has 1 heterocycles. The molecule has 2 amide bonds. The van der Waals surface area contributed by atoms with Crippen LogP contribution < -0.4 is 5.32 Å². The second kappa shape index (κ2) is 8.78. The first kappa shape index (κ1) is 22.4. The van der Waals surface area contributed by atoms with Crippen LogP contribution >= 0.6 is 0 Å². The van der Waals surface area contributed by atoms with Crippen molar-refractivity contribution >= 4 is 18.0 Å². The maximum absolute atomic E-state index is 13.4. The summed E-state index contributed by atoms with van der Waals surface area (Å²) in [5.41, 5.74) is 3.54. The summed E-state index contributed by atoms with van der Waals surface area (Å²) < 4.78 is 5.73. The first-order valence-electron chi connectivity index (χ1n) is 12.0. The first-order valence-corrected chi connectivity index (χ1v) is 12.0. The maximum Gasteiger partial charge on any atom is 0.408 e. The van der Waals surface area contributed by atoms with Crippen LogP contribution in [-0.4, -0.2) is 53.2 Å². The van der Waals surface area contributed by atoms with Crippen molar-refractivity contribution in [3.05, 3.63) is 59.7 Å². The summed E-state index contributed by atoms with van der Waals surface area (Å²) in [6.07, 6.45) is 2.30. The zero-order chi connectivity index (χ0) is 23.9. The van der Waals surface area contributed by atoms with Gasteiger partial charge in [-0.15, -0.1) is 0 Å². The number of nitrogens with zero attached hydrogens (tertiary/aromatic N) is 1. The molecule has 0 radical (unpaired) electrons. The minimum atomic E-state index is -1.04. The molecule has 1 aliphatic heterocycles. The number of amides is 2. The van der Waals surface area contributed by atoms with Crippen LogP contribution in [0, 0.1) is 11.8 Å². The molecule has 2 fully saturated rings. The van der Waals surface area contributed by atoms with E-state index in [4.69, 9.17) is 4.74 Å². The fourth-order valence-corrected chi connectivity index (χ4v) is 5.85. The van der Waals surface area contributed by atoms with Crippen molar-refractivity contribution in [3.63, 3.8) is 0 Å². The molecule has 0 bridgehead atoms. The number of benzene rings is 2. The quantitative estimate of drug-likeness (QED) is 0.700. The van der Waals surface area contributed by atoms with Crippen molar-refractivity contribution in [1.29, 1.82) is 0 Å². The smallest absolute Gasteiger partial charge is 0.408 e. The number of carbonyl (C=O) groups is 3. The zero-order valence-corrected chi connectivity index (χ0v) is 19.3. The molecule has 0 aromatic heterocycles. The monoisotopic (exact) mass is 462 g/mol. The molecular weight excluding hydrogens is 432 g/mol. The summed E-state index contributed by atoms with van der Waals surface area (Å²) in [7, 11) is 0. The number of carbonyl (C=O) groups excluding carboxylic acids is 2. The molecule has 1 saturated heterocycles. The fourth-order valence-electron chi connectivity index (χ4n) is 5.85. The van der Waals surface area contributed by atoms with Gasteiger partial charge in [0.2, 0.25) is 5.91 Å². The minimum Gasteiger partial charge on any atom is -0.481 e. The van der Waals surface area contributed by atoms with E-state index in [1.807, 2.05) is 24.3 Å². The lowest BCUT2D eigenvalue weighted by Gasteiger charge is -2.46. The highest BCUT2D eigenvalue weighted by Crippen LogP contribution is 2.44. The molecule has 2 aromatic carbocycles. The lowest BCUT2D eigenvalue weighted by Crippen LogP contribution is -2.66. The van der Waals surface area contributed by atoms with Gasteiger partial charge in [0, 0.05) is 19.0 Å². The van der Waals surface area contributed by atoms with Crippen LogP contribution in [0.3, 0.4) is 0 Å². The summed E-state index contributed by atoms with van der Waals surface area (Å²) in [5.74, 6) is -1.38. The third kappa shape index (κ3) is 3.93. The standard InChI is InChI=1S/C27H30N2O5/c1-17-7-6-12-27(13-17,25(32)29-14-18(15-29)24(30)31)28-26(33)34-16-23-21-10-4-2-8-19(21)20-9-3-5-11-22(20)23/h2-5,8-11,17-18,23H,6-7,12-16H2,1H3,(H,28,33)(H,30,31). The van der Waals surface area contributed by atoms with Gasteiger partial charge in [-0.1, -0.05) is 68.3 Å². The summed E-state index contributed by atoms with van der Waals surface area (Å²) in [4.78, 5) is 39.2. The van der Waals surface area contributed by atoms with E-state index in [0.717, 1.165) is 35.1 Å². The van der Waals surface area contributed by atoms with Gasteiger partial charge in [-0.3, -0.25) is 9.59 Å². The van der Waals surface area contributed by atoms with Gasteiger partial charge in [0.25, 0.3) is 0 Å². The van der Waals surface area contributed by atoms with Crippen molar-refractivity contribution in [2.75, 3.05) is 19.7 Å². The van der Waals surface area contributed by atoms with Crippen LogP contribution in [0.1, 0.15) is 49.7 Å².